The Bertz CT molecular complexity index is 449. The molecular formula is C14H19N3O. The topological polar surface area (TPSA) is 64.9 Å². The van der Waals surface area contributed by atoms with Crippen LogP contribution in [0, 0.1) is 23.2 Å². The number of benzene rings is 1. The first-order chi connectivity index (χ1) is 8.60. The highest BCUT2D eigenvalue weighted by Crippen LogP contribution is 2.17. The van der Waals surface area contributed by atoms with E-state index in [1.54, 1.807) is 24.3 Å². The van der Waals surface area contributed by atoms with Crippen molar-refractivity contribution < 1.29 is 4.79 Å². The molecule has 1 aromatic rings. The molecule has 0 radical (unpaired) electrons. The number of carbonyl (C=O) groups excluding carboxylic acids is 1. The van der Waals surface area contributed by atoms with Gasteiger partial charge in [0.05, 0.1) is 17.2 Å². The van der Waals surface area contributed by atoms with Crippen LogP contribution in [0.4, 0.5) is 5.69 Å². The summed E-state index contributed by atoms with van der Waals surface area (Å²) in [5.41, 5.74) is 1.06. The SMILES string of the molecule is CNCC(C(=O)Nc1ccccc1C#N)C(C)C. The summed E-state index contributed by atoms with van der Waals surface area (Å²) >= 11 is 0. The van der Waals surface area contributed by atoms with Crippen LogP contribution in [0.1, 0.15) is 19.4 Å². The molecule has 2 N–H and O–H groups in total. The Hall–Kier alpha value is -1.86. The lowest BCUT2D eigenvalue weighted by atomic mass is 9.94. The van der Waals surface area contributed by atoms with E-state index in [0.717, 1.165) is 0 Å². The largest absolute Gasteiger partial charge is 0.325 e. The average Bonchev–Trinajstić information content (AvgIpc) is 2.36. The van der Waals surface area contributed by atoms with Gasteiger partial charge in [-0.05, 0) is 25.1 Å². The highest BCUT2D eigenvalue weighted by Gasteiger charge is 2.21. The first kappa shape index (κ1) is 14.2. The summed E-state index contributed by atoms with van der Waals surface area (Å²) in [5.74, 6) is 0.0792. The summed E-state index contributed by atoms with van der Waals surface area (Å²) in [6, 6.07) is 9.09. The minimum atomic E-state index is -0.109. The second kappa shape index (κ2) is 6.77. The smallest absolute Gasteiger partial charge is 0.229 e. The van der Waals surface area contributed by atoms with Crippen molar-refractivity contribution in [3.8, 4) is 6.07 Å². The molecule has 1 amide bonds. The number of rotatable bonds is 5. The number of nitriles is 1. The van der Waals surface area contributed by atoms with Crippen LogP contribution < -0.4 is 10.6 Å². The molecule has 0 aliphatic rings. The van der Waals surface area contributed by atoms with Gasteiger partial charge < -0.3 is 10.6 Å². The maximum atomic E-state index is 12.2. The molecule has 0 heterocycles. The molecule has 1 rings (SSSR count). The third kappa shape index (κ3) is 3.57. The molecular weight excluding hydrogens is 226 g/mol. The van der Waals surface area contributed by atoms with Crippen molar-refractivity contribution in [1.29, 1.82) is 5.26 Å². The zero-order valence-electron chi connectivity index (χ0n) is 11.0. The first-order valence-electron chi connectivity index (χ1n) is 6.04. The predicted molar refractivity (Wildman–Crippen MR) is 72.0 cm³/mol. The number of para-hydroxylation sites is 1. The van der Waals surface area contributed by atoms with Crippen LogP contribution in [0.5, 0.6) is 0 Å². The first-order valence-corrected chi connectivity index (χ1v) is 6.04. The summed E-state index contributed by atoms with van der Waals surface area (Å²) in [6.07, 6.45) is 0. The van der Waals surface area contributed by atoms with Crippen molar-refractivity contribution in [3.63, 3.8) is 0 Å². The van der Waals surface area contributed by atoms with Gasteiger partial charge in [0, 0.05) is 6.54 Å². The summed E-state index contributed by atoms with van der Waals surface area (Å²) in [4.78, 5) is 12.2. The highest BCUT2D eigenvalue weighted by atomic mass is 16.1. The summed E-state index contributed by atoms with van der Waals surface area (Å²) < 4.78 is 0. The molecule has 1 atom stereocenters. The van der Waals surface area contributed by atoms with Gasteiger partial charge in [-0.1, -0.05) is 26.0 Å². The summed E-state index contributed by atoms with van der Waals surface area (Å²) in [6.45, 7) is 4.65. The van der Waals surface area contributed by atoms with E-state index in [9.17, 15) is 4.79 Å². The van der Waals surface area contributed by atoms with Gasteiger partial charge in [-0.15, -0.1) is 0 Å². The van der Waals surface area contributed by atoms with Gasteiger partial charge in [-0.25, -0.2) is 0 Å². The molecule has 0 saturated carbocycles. The molecule has 4 nitrogen and oxygen atoms in total. The maximum absolute atomic E-state index is 12.2. The molecule has 0 fully saturated rings. The van der Waals surface area contributed by atoms with Crippen molar-refractivity contribution in [2.45, 2.75) is 13.8 Å². The van der Waals surface area contributed by atoms with Crippen LogP contribution in [0.2, 0.25) is 0 Å². The lowest BCUT2D eigenvalue weighted by Crippen LogP contribution is -2.34. The standard InChI is InChI=1S/C14H19N3O/c1-10(2)12(9-16-3)14(18)17-13-7-5-4-6-11(13)8-15/h4-7,10,12,16H,9H2,1-3H3,(H,17,18). The Morgan fingerprint density at radius 1 is 1.39 bits per heavy atom. The maximum Gasteiger partial charge on any atom is 0.229 e. The summed E-state index contributed by atoms with van der Waals surface area (Å²) in [5, 5.41) is 14.8. The van der Waals surface area contributed by atoms with Gasteiger partial charge in [0.25, 0.3) is 0 Å². The number of amides is 1. The normalized spacial score (nSPS) is 11.9. The second-order valence-electron chi connectivity index (χ2n) is 4.55. The fourth-order valence-electron chi connectivity index (χ4n) is 1.77. The fourth-order valence-corrected chi connectivity index (χ4v) is 1.77. The van der Waals surface area contributed by atoms with Crippen LogP contribution in [-0.4, -0.2) is 19.5 Å². The van der Waals surface area contributed by atoms with E-state index in [1.807, 2.05) is 20.9 Å². The van der Waals surface area contributed by atoms with E-state index in [4.69, 9.17) is 5.26 Å². The molecule has 0 saturated heterocycles. The lowest BCUT2D eigenvalue weighted by Gasteiger charge is -2.20. The third-order valence-corrected chi connectivity index (χ3v) is 2.87. The predicted octanol–water partition coefficient (Wildman–Crippen LogP) is 1.99. The van der Waals surface area contributed by atoms with Crippen molar-refractivity contribution in [2.24, 2.45) is 11.8 Å². The van der Waals surface area contributed by atoms with Crippen molar-refractivity contribution >= 4 is 11.6 Å². The molecule has 0 spiro atoms. The zero-order chi connectivity index (χ0) is 13.5. The Balaban J connectivity index is 2.83. The molecule has 0 aliphatic heterocycles. The van der Waals surface area contributed by atoms with E-state index in [2.05, 4.69) is 16.7 Å². The number of hydrogen-bond donors (Lipinski definition) is 2. The van der Waals surface area contributed by atoms with E-state index < -0.39 is 0 Å². The van der Waals surface area contributed by atoms with Crippen LogP contribution in [0.3, 0.4) is 0 Å². The van der Waals surface area contributed by atoms with Crippen LogP contribution in [0.25, 0.3) is 0 Å². The second-order valence-corrected chi connectivity index (χ2v) is 4.55. The molecule has 1 unspecified atom stereocenters. The molecule has 0 aliphatic carbocycles. The fraction of sp³-hybridized carbons (Fsp3) is 0.429. The van der Waals surface area contributed by atoms with E-state index >= 15 is 0 Å². The quantitative estimate of drug-likeness (QED) is 0.833. The van der Waals surface area contributed by atoms with E-state index in [0.29, 0.717) is 17.8 Å². The van der Waals surface area contributed by atoms with Crippen molar-refractivity contribution in [3.05, 3.63) is 29.8 Å². The average molecular weight is 245 g/mol. The number of hydrogen-bond acceptors (Lipinski definition) is 3. The molecule has 4 heteroatoms. The minimum Gasteiger partial charge on any atom is -0.325 e. The highest BCUT2D eigenvalue weighted by molar-refractivity contribution is 5.94. The van der Waals surface area contributed by atoms with Crippen molar-refractivity contribution in [2.75, 3.05) is 18.9 Å². The van der Waals surface area contributed by atoms with Gasteiger partial charge in [-0.3, -0.25) is 4.79 Å². The van der Waals surface area contributed by atoms with E-state index in [-0.39, 0.29) is 17.7 Å². The summed E-state index contributed by atoms with van der Waals surface area (Å²) in [7, 11) is 1.83. The third-order valence-electron chi connectivity index (χ3n) is 2.87. The Morgan fingerprint density at radius 3 is 2.61 bits per heavy atom. The monoisotopic (exact) mass is 245 g/mol. The van der Waals surface area contributed by atoms with Gasteiger partial charge >= 0.3 is 0 Å². The Kier molecular flexibility index (Phi) is 5.34. The van der Waals surface area contributed by atoms with E-state index in [1.165, 1.54) is 0 Å². The van der Waals surface area contributed by atoms with Gasteiger partial charge in [0.15, 0.2) is 0 Å². The zero-order valence-corrected chi connectivity index (χ0v) is 11.0. The Morgan fingerprint density at radius 2 is 2.06 bits per heavy atom. The lowest BCUT2D eigenvalue weighted by molar-refractivity contribution is -0.120. The number of nitrogens with zero attached hydrogens (tertiary/aromatic N) is 1. The van der Waals surface area contributed by atoms with Gasteiger partial charge in [0.2, 0.25) is 5.91 Å². The number of nitrogens with one attached hydrogen (secondary N) is 2. The van der Waals surface area contributed by atoms with Gasteiger partial charge in [0.1, 0.15) is 6.07 Å². The molecule has 96 valence electrons. The number of carbonyl (C=O) groups is 1. The van der Waals surface area contributed by atoms with Crippen LogP contribution in [0.15, 0.2) is 24.3 Å². The molecule has 1 aromatic carbocycles. The van der Waals surface area contributed by atoms with Gasteiger partial charge in [-0.2, -0.15) is 5.26 Å². The molecule has 18 heavy (non-hydrogen) atoms. The number of anilines is 1. The molecule has 0 aromatic heterocycles. The van der Waals surface area contributed by atoms with Crippen LogP contribution in [-0.2, 0) is 4.79 Å². The van der Waals surface area contributed by atoms with Crippen LogP contribution >= 0.6 is 0 Å². The Labute approximate surface area is 108 Å². The molecule has 0 bridgehead atoms. The van der Waals surface area contributed by atoms with Crippen molar-refractivity contribution in [1.82, 2.24) is 5.32 Å². The minimum absolute atomic E-state index is 0.0537.